The Bertz CT molecular complexity index is 1150. The first-order valence-electron chi connectivity index (χ1n) is 11.4. The summed E-state index contributed by atoms with van der Waals surface area (Å²) in [5.41, 5.74) is 5.73. The van der Waals surface area contributed by atoms with Gasteiger partial charge in [0.2, 0.25) is 0 Å². The zero-order chi connectivity index (χ0) is 22.7. The molecule has 1 saturated carbocycles. The molecule has 1 aliphatic carbocycles. The first kappa shape index (κ1) is 21.6. The minimum atomic E-state index is -0.408. The van der Waals surface area contributed by atoms with Crippen LogP contribution in [0.15, 0.2) is 12.1 Å². The molecule has 1 aliphatic heterocycles. The Morgan fingerprint density at radius 1 is 1.19 bits per heavy atom. The lowest BCUT2D eigenvalue weighted by molar-refractivity contribution is -0.151. The van der Waals surface area contributed by atoms with Crippen molar-refractivity contribution >= 4 is 11.0 Å². The van der Waals surface area contributed by atoms with Gasteiger partial charge >= 0.3 is 0 Å². The number of hydrogen-bond donors (Lipinski definition) is 0. The van der Waals surface area contributed by atoms with Gasteiger partial charge in [-0.05, 0) is 46.2 Å². The largest absolute Gasteiger partial charge is 0.378 e. The van der Waals surface area contributed by atoms with Crippen molar-refractivity contribution in [3.05, 3.63) is 29.2 Å². The minimum absolute atomic E-state index is 0.184. The van der Waals surface area contributed by atoms with E-state index in [1.807, 2.05) is 13.0 Å². The Labute approximate surface area is 188 Å². The summed E-state index contributed by atoms with van der Waals surface area (Å²) in [5, 5.41) is 5.09. The molecule has 1 atom stereocenters. The summed E-state index contributed by atoms with van der Waals surface area (Å²) in [6.45, 7) is 10.4. The Hall–Kier alpha value is -2.29. The number of ether oxygens (including phenoxy) is 3. The number of methoxy groups -OCH3 is 1. The van der Waals surface area contributed by atoms with E-state index in [4.69, 9.17) is 29.3 Å². The van der Waals surface area contributed by atoms with Crippen molar-refractivity contribution in [2.75, 3.05) is 20.3 Å². The molecule has 0 amide bonds. The van der Waals surface area contributed by atoms with Gasteiger partial charge in [0, 0.05) is 32.9 Å². The van der Waals surface area contributed by atoms with Gasteiger partial charge in [-0.25, -0.2) is 4.98 Å². The minimum Gasteiger partial charge on any atom is -0.378 e. The predicted octanol–water partition coefficient (Wildman–Crippen LogP) is 4.05. The number of fused-ring (bicyclic) bond motifs is 1. The monoisotopic (exact) mass is 439 g/mol. The third kappa shape index (κ3) is 3.54. The maximum atomic E-state index is 5.95. The van der Waals surface area contributed by atoms with Crippen molar-refractivity contribution in [2.45, 2.75) is 70.8 Å². The molecule has 32 heavy (non-hydrogen) atoms. The van der Waals surface area contributed by atoms with Crippen LogP contribution in [0.1, 0.15) is 63.0 Å². The van der Waals surface area contributed by atoms with E-state index in [0.29, 0.717) is 25.7 Å². The SMILES string of the molecule is COCc1cc2nc(-c3cc(C4CCC5(C4)OCCO5)nn3C(C)(C)C)n(C)c2c(C)n1. The van der Waals surface area contributed by atoms with Crippen LogP contribution < -0.4 is 0 Å². The zero-order valence-corrected chi connectivity index (χ0v) is 19.9. The normalized spacial score (nSPS) is 20.8. The van der Waals surface area contributed by atoms with E-state index in [2.05, 4.69) is 43.1 Å². The molecule has 3 aromatic rings. The third-order valence-electron chi connectivity index (χ3n) is 6.63. The van der Waals surface area contributed by atoms with E-state index >= 15 is 0 Å². The van der Waals surface area contributed by atoms with E-state index in [1.54, 1.807) is 7.11 Å². The summed E-state index contributed by atoms with van der Waals surface area (Å²) in [6.07, 6.45) is 2.81. The number of hydrogen-bond acceptors (Lipinski definition) is 6. The number of aryl methyl sites for hydroxylation is 2. The fraction of sp³-hybridized carbons (Fsp3) is 0.625. The van der Waals surface area contributed by atoms with Crippen molar-refractivity contribution in [3.8, 4) is 11.5 Å². The molecule has 1 saturated heterocycles. The van der Waals surface area contributed by atoms with E-state index < -0.39 is 5.79 Å². The molecule has 172 valence electrons. The molecule has 1 spiro atoms. The van der Waals surface area contributed by atoms with E-state index in [0.717, 1.165) is 58.9 Å². The molecule has 0 aromatic carbocycles. The molecule has 5 rings (SSSR count). The summed E-state index contributed by atoms with van der Waals surface area (Å²) in [5.74, 6) is 0.811. The van der Waals surface area contributed by atoms with Gasteiger partial charge in [-0.1, -0.05) is 0 Å². The van der Waals surface area contributed by atoms with E-state index in [9.17, 15) is 0 Å². The second-order valence-electron chi connectivity index (χ2n) is 10.1. The lowest BCUT2D eigenvalue weighted by Crippen LogP contribution is -2.26. The highest BCUT2D eigenvalue weighted by atomic mass is 16.7. The van der Waals surface area contributed by atoms with Gasteiger partial charge in [-0.3, -0.25) is 9.67 Å². The second-order valence-corrected chi connectivity index (χ2v) is 10.1. The van der Waals surface area contributed by atoms with Gasteiger partial charge in [0.25, 0.3) is 0 Å². The highest BCUT2D eigenvalue weighted by Crippen LogP contribution is 2.46. The third-order valence-corrected chi connectivity index (χ3v) is 6.63. The van der Waals surface area contributed by atoms with Crippen LogP contribution in [-0.4, -0.2) is 50.4 Å². The molecule has 1 unspecified atom stereocenters. The molecule has 8 nitrogen and oxygen atoms in total. The zero-order valence-electron chi connectivity index (χ0n) is 19.9. The van der Waals surface area contributed by atoms with Crippen LogP contribution in [-0.2, 0) is 33.4 Å². The average molecular weight is 440 g/mol. The number of pyridine rings is 1. The Balaban J connectivity index is 1.59. The molecule has 2 fully saturated rings. The van der Waals surface area contributed by atoms with Gasteiger partial charge in [0.1, 0.15) is 5.69 Å². The topological polar surface area (TPSA) is 76.2 Å². The van der Waals surface area contributed by atoms with Crippen molar-refractivity contribution < 1.29 is 14.2 Å². The lowest BCUT2D eigenvalue weighted by Gasteiger charge is -2.22. The van der Waals surface area contributed by atoms with Gasteiger partial charge in [0.05, 0.1) is 53.5 Å². The molecular weight excluding hydrogens is 406 g/mol. The van der Waals surface area contributed by atoms with Crippen LogP contribution in [0.4, 0.5) is 0 Å². The van der Waals surface area contributed by atoms with Gasteiger partial charge in [-0.2, -0.15) is 5.10 Å². The maximum Gasteiger partial charge on any atom is 0.169 e. The summed E-state index contributed by atoms with van der Waals surface area (Å²) in [7, 11) is 3.74. The smallest absolute Gasteiger partial charge is 0.169 e. The standard InChI is InChI=1S/C24H33N5O3/c1-15-21-19(11-17(25-15)14-30-6)26-22(28(21)5)20-12-18(27-29(20)23(2,3)4)16-7-8-24(13-16)31-9-10-32-24/h11-12,16H,7-10,13-14H2,1-6H3. The van der Waals surface area contributed by atoms with Crippen LogP contribution in [0, 0.1) is 6.92 Å². The van der Waals surface area contributed by atoms with E-state index in [1.165, 1.54) is 0 Å². The van der Waals surface area contributed by atoms with Gasteiger partial charge < -0.3 is 18.8 Å². The summed E-state index contributed by atoms with van der Waals surface area (Å²) < 4.78 is 21.4. The highest BCUT2D eigenvalue weighted by Gasteiger charge is 2.45. The molecule has 2 aliphatic rings. The molecule has 3 aromatic heterocycles. The predicted molar refractivity (Wildman–Crippen MR) is 121 cm³/mol. The van der Waals surface area contributed by atoms with Crippen LogP contribution in [0.2, 0.25) is 0 Å². The average Bonchev–Trinajstić information content (AvgIpc) is 3.49. The molecular formula is C24H33N5O3. The van der Waals surface area contributed by atoms with Crippen LogP contribution in [0.5, 0.6) is 0 Å². The van der Waals surface area contributed by atoms with E-state index in [-0.39, 0.29) is 5.54 Å². The summed E-state index contributed by atoms with van der Waals surface area (Å²) >= 11 is 0. The quantitative estimate of drug-likeness (QED) is 0.610. The van der Waals surface area contributed by atoms with Crippen LogP contribution >= 0.6 is 0 Å². The van der Waals surface area contributed by atoms with Crippen molar-refractivity contribution in [3.63, 3.8) is 0 Å². The van der Waals surface area contributed by atoms with Crippen molar-refractivity contribution in [1.82, 2.24) is 24.3 Å². The molecule has 0 radical (unpaired) electrons. The van der Waals surface area contributed by atoms with Crippen LogP contribution in [0.3, 0.4) is 0 Å². The molecule has 8 heteroatoms. The Morgan fingerprint density at radius 3 is 2.62 bits per heavy atom. The number of imidazole rings is 1. The fourth-order valence-corrected chi connectivity index (χ4v) is 5.21. The first-order chi connectivity index (χ1) is 15.2. The van der Waals surface area contributed by atoms with Crippen LogP contribution in [0.25, 0.3) is 22.6 Å². The lowest BCUT2D eigenvalue weighted by atomic mass is 10.0. The second kappa shape index (κ2) is 7.64. The molecule has 0 N–H and O–H groups in total. The van der Waals surface area contributed by atoms with Gasteiger partial charge in [-0.15, -0.1) is 0 Å². The Morgan fingerprint density at radius 2 is 1.94 bits per heavy atom. The highest BCUT2D eigenvalue weighted by molar-refractivity contribution is 5.82. The summed E-state index contributed by atoms with van der Waals surface area (Å²) in [4.78, 5) is 9.73. The van der Waals surface area contributed by atoms with Gasteiger partial charge in [0.15, 0.2) is 11.6 Å². The molecule has 0 bridgehead atoms. The number of rotatable bonds is 4. The molecule has 4 heterocycles. The fourth-order valence-electron chi connectivity index (χ4n) is 5.21. The number of nitrogens with zero attached hydrogens (tertiary/aromatic N) is 5. The van der Waals surface area contributed by atoms with Crippen molar-refractivity contribution in [1.29, 1.82) is 0 Å². The summed E-state index contributed by atoms with van der Waals surface area (Å²) in [6, 6.07) is 4.23. The number of aromatic nitrogens is 5. The maximum absolute atomic E-state index is 5.95. The first-order valence-corrected chi connectivity index (χ1v) is 11.4. The Kier molecular flexibility index (Phi) is 5.15. The van der Waals surface area contributed by atoms with Crippen molar-refractivity contribution in [2.24, 2.45) is 7.05 Å².